The fourth-order valence-corrected chi connectivity index (χ4v) is 5.12. The molecule has 0 bridgehead atoms. The maximum absolute atomic E-state index is 14.4. The SMILES string of the molecule is O=C(c1cccc(Oc2ccccc2)c1)N(CCCN1CCOCC1)c1nc2c(F)cc(F)cc2s1. The quantitative estimate of drug-likeness (QED) is 0.303. The predicted octanol–water partition coefficient (Wildman–Crippen LogP) is 5.74. The number of aromatic nitrogens is 1. The van der Waals surface area contributed by atoms with Crippen LogP contribution in [-0.2, 0) is 4.74 Å². The van der Waals surface area contributed by atoms with E-state index < -0.39 is 11.6 Å². The molecular formula is C27H25F2N3O3S. The Morgan fingerprint density at radius 3 is 2.61 bits per heavy atom. The number of ether oxygens (including phenoxy) is 2. The van der Waals surface area contributed by atoms with Crippen LogP contribution in [0.1, 0.15) is 16.8 Å². The molecule has 1 aliphatic heterocycles. The van der Waals surface area contributed by atoms with E-state index in [1.165, 1.54) is 6.07 Å². The number of benzene rings is 3. The molecule has 1 aromatic heterocycles. The van der Waals surface area contributed by atoms with Gasteiger partial charge in [-0.15, -0.1) is 0 Å². The highest BCUT2D eigenvalue weighted by Crippen LogP contribution is 2.32. The van der Waals surface area contributed by atoms with Crippen LogP contribution in [0.5, 0.6) is 11.5 Å². The second-order valence-corrected chi connectivity index (χ2v) is 9.45. The molecule has 1 amide bonds. The van der Waals surface area contributed by atoms with E-state index in [9.17, 15) is 13.6 Å². The first-order chi connectivity index (χ1) is 17.6. The Bertz CT molecular complexity index is 1340. The molecule has 1 saturated heterocycles. The first kappa shape index (κ1) is 24.3. The number of hydrogen-bond donors (Lipinski definition) is 0. The number of hydrogen-bond acceptors (Lipinski definition) is 6. The van der Waals surface area contributed by atoms with Gasteiger partial charge in [-0.1, -0.05) is 35.6 Å². The Labute approximate surface area is 211 Å². The van der Waals surface area contributed by atoms with Crippen molar-refractivity contribution >= 4 is 32.6 Å². The van der Waals surface area contributed by atoms with Crippen LogP contribution in [0.2, 0.25) is 0 Å². The zero-order valence-electron chi connectivity index (χ0n) is 19.5. The van der Waals surface area contributed by atoms with Crippen LogP contribution in [-0.4, -0.2) is 55.2 Å². The lowest BCUT2D eigenvalue weighted by Gasteiger charge is -2.27. The molecule has 3 aromatic carbocycles. The van der Waals surface area contributed by atoms with Gasteiger partial charge in [-0.2, -0.15) is 0 Å². The number of nitrogens with zero attached hydrogens (tertiary/aromatic N) is 3. The van der Waals surface area contributed by atoms with E-state index in [0.717, 1.165) is 37.0 Å². The van der Waals surface area contributed by atoms with Crippen LogP contribution in [0.4, 0.5) is 13.9 Å². The molecule has 6 nitrogen and oxygen atoms in total. The number of halogens is 2. The summed E-state index contributed by atoms with van der Waals surface area (Å²) in [5.74, 6) is -0.515. The van der Waals surface area contributed by atoms with Crippen LogP contribution < -0.4 is 9.64 Å². The summed E-state index contributed by atoms with van der Waals surface area (Å²) in [4.78, 5) is 21.9. The standard InChI is InChI=1S/C27H25F2N3O3S/c28-20-17-23(29)25-24(18-20)36-27(30-25)32(11-5-10-31-12-14-34-15-13-31)26(33)19-6-4-9-22(16-19)35-21-7-2-1-3-8-21/h1-4,6-9,16-18H,5,10-15H2. The molecular weight excluding hydrogens is 484 g/mol. The average molecular weight is 510 g/mol. The van der Waals surface area contributed by atoms with E-state index in [2.05, 4.69) is 9.88 Å². The van der Waals surface area contributed by atoms with E-state index in [4.69, 9.17) is 9.47 Å². The molecule has 0 N–H and O–H groups in total. The number of rotatable bonds is 8. The van der Waals surface area contributed by atoms with Gasteiger partial charge in [0.15, 0.2) is 10.9 Å². The topological polar surface area (TPSA) is 54.9 Å². The van der Waals surface area contributed by atoms with Crippen molar-refractivity contribution in [3.63, 3.8) is 0 Å². The van der Waals surface area contributed by atoms with Crippen molar-refractivity contribution in [3.8, 4) is 11.5 Å². The fraction of sp³-hybridized carbons (Fsp3) is 0.259. The molecule has 4 aromatic rings. The third-order valence-corrected chi connectivity index (χ3v) is 6.92. The molecule has 0 radical (unpaired) electrons. The highest BCUT2D eigenvalue weighted by Gasteiger charge is 2.23. The molecule has 36 heavy (non-hydrogen) atoms. The van der Waals surface area contributed by atoms with Gasteiger partial charge in [-0.3, -0.25) is 14.6 Å². The third kappa shape index (κ3) is 5.70. The summed E-state index contributed by atoms with van der Waals surface area (Å²) in [7, 11) is 0. The highest BCUT2D eigenvalue weighted by molar-refractivity contribution is 7.22. The minimum Gasteiger partial charge on any atom is -0.457 e. The molecule has 0 aliphatic carbocycles. The number of para-hydroxylation sites is 1. The van der Waals surface area contributed by atoms with Crippen LogP contribution >= 0.6 is 11.3 Å². The number of anilines is 1. The zero-order valence-corrected chi connectivity index (χ0v) is 20.3. The second kappa shape index (κ2) is 11.1. The summed E-state index contributed by atoms with van der Waals surface area (Å²) in [6.07, 6.45) is 0.693. The first-order valence-electron chi connectivity index (χ1n) is 11.8. The van der Waals surface area contributed by atoms with Gasteiger partial charge in [-0.05, 0) is 42.8 Å². The maximum Gasteiger partial charge on any atom is 0.260 e. The first-order valence-corrected chi connectivity index (χ1v) is 12.6. The fourth-order valence-electron chi connectivity index (χ4n) is 4.10. The molecule has 0 spiro atoms. The van der Waals surface area contributed by atoms with Gasteiger partial charge in [0.2, 0.25) is 0 Å². The Morgan fingerprint density at radius 2 is 1.81 bits per heavy atom. The Balaban J connectivity index is 1.41. The summed E-state index contributed by atoms with van der Waals surface area (Å²) in [6.45, 7) is 4.25. The van der Waals surface area contributed by atoms with Crippen molar-refractivity contribution in [1.29, 1.82) is 0 Å². The third-order valence-electron chi connectivity index (χ3n) is 5.90. The van der Waals surface area contributed by atoms with Crippen molar-refractivity contribution < 1.29 is 23.0 Å². The summed E-state index contributed by atoms with van der Waals surface area (Å²) in [6, 6.07) is 18.3. The van der Waals surface area contributed by atoms with E-state index in [1.807, 2.05) is 30.3 Å². The zero-order chi connectivity index (χ0) is 24.9. The number of carbonyl (C=O) groups excluding carboxylic acids is 1. The number of amides is 1. The van der Waals surface area contributed by atoms with Crippen molar-refractivity contribution in [3.05, 3.63) is 83.9 Å². The molecule has 186 valence electrons. The Morgan fingerprint density at radius 1 is 1.03 bits per heavy atom. The summed E-state index contributed by atoms with van der Waals surface area (Å²) >= 11 is 1.10. The van der Waals surface area contributed by atoms with Gasteiger partial charge in [0.25, 0.3) is 5.91 Å². The van der Waals surface area contributed by atoms with E-state index in [0.29, 0.717) is 53.1 Å². The lowest BCUT2D eigenvalue weighted by Crippen LogP contribution is -2.39. The van der Waals surface area contributed by atoms with Crippen molar-refractivity contribution in [1.82, 2.24) is 9.88 Å². The molecule has 1 fully saturated rings. The minimum absolute atomic E-state index is 0.0588. The van der Waals surface area contributed by atoms with E-state index in [-0.39, 0.29) is 11.4 Å². The number of thiazole rings is 1. The van der Waals surface area contributed by atoms with Crippen LogP contribution in [0.25, 0.3) is 10.2 Å². The largest absolute Gasteiger partial charge is 0.457 e. The van der Waals surface area contributed by atoms with Crippen molar-refractivity contribution in [2.24, 2.45) is 0 Å². The van der Waals surface area contributed by atoms with Crippen LogP contribution in [0, 0.1) is 11.6 Å². The van der Waals surface area contributed by atoms with Crippen molar-refractivity contribution in [2.45, 2.75) is 6.42 Å². The Kier molecular flexibility index (Phi) is 7.50. The lowest BCUT2D eigenvalue weighted by atomic mass is 10.2. The molecule has 0 unspecified atom stereocenters. The van der Waals surface area contributed by atoms with Gasteiger partial charge in [0.05, 0.1) is 17.9 Å². The molecule has 2 heterocycles. The van der Waals surface area contributed by atoms with Gasteiger partial charge in [0, 0.05) is 37.8 Å². The van der Waals surface area contributed by atoms with Gasteiger partial charge >= 0.3 is 0 Å². The highest BCUT2D eigenvalue weighted by atomic mass is 32.1. The summed E-state index contributed by atoms with van der Waals surface area (Å²) in [5, 5.41) is 0.329. The predicted molar refractivity (Wildman–Crippen MR) is 136 cm³/mol. The average Bonchev–Trinajstić information content (AvgIpc) is 3.32. The second-order valence-electron chi connectivity index (χ2n) is 8.44. The van der Waals surface area contributed by atoms with Crippen molar-refractivity contribution in [2.75, 3.05) is 44.3 Å². The van der Waals surface area contributed by atoms with Crippen LogP contribution in [0.15, 0.2) is 66.7 Å². The normalized spacial score (nSPS) is 14.2. The molecule has 1 aliphatic rings. The molecule has 0 saturated carbocycles. The maximum atomic E-state index is 14.4. The number of carbonyl (C=O) groups is 1. The lowest BCUT2D eigenvalue weighted by molar-refractivity contribution is 0.0376. The minimum atomic E-state index is -0.744. The van der Waals surface area contributed by atoms with Gasteiger partial charge in [-0.25, -0.2) is 13.8 Å². The summed E-state index contributed by atoms with van der Waals surface area (Å²) in [5.41, 5.74) is 0.476. The van der Waals surface area contributed by atoms with Gasteiger partial charge < -0.3 is 9.47 Å². The number of morpholine rings is 1. The summed E-state index contributed by atoms with van der Waals surface area (Å²) < 4.78 is 39.8. The Hall–Kier alpha value is -3.40. The van der Waals surface area contributed by atoms with Crippen LogP contribution in [0.3, 0.4) is 0 Å². The van der Waals surface area contributed by atoms with Gasteiger partial charge in [0.1, 0.15) is 22.8 Å². The monoisotopic (exact) mass is 509 g/mol. The smallest absolute Gasteiger partial charge is 0.260 e. The van der Waals surface area contributed by atoms with E-state index >= 15 is 0 Å². The number of fused-ring (bicyclic) bond motifs is 1. The molecule has 0 atom stereocenters. The van der Waals surface area contributed by atoms with E-state index in [1.54, 1.807) is 29.2 Å². The molecule has 9 heteroatoms. The molecule has 5 rings (SSSR count).